The first-order chi connectivity index (χ1) is 17.7. The summed E-state index contributed by atoms with van der Waals surface area (Å²) in [7, 11) is 0. The number of carbonyl (C=O) groups excluding carboxylic acids is 1. The predicted octanol–water partition coefficient (Wildman–Crippen LogP) is 6.43. The zero-order chi connectivity index (χ0) is 26.3. The molecule has 0 aromatic rings. The van der Waals surface area contributed by atoms with Crippen molar-refractivity contribution in [3.8, 4) is 0 Å². The Kier molecular flexibility index (Phi) is 7.66. The number of fused-ring (bicyclic) bond motifs is 2. The van der Waals surface area contributed by atoms with Crippen LogP contribution in [0.3, 0.4) is 0 Å². The van der Waals surface area contributed by atoms with Gasteiger partial charge >= 0.3 is 5.97 Å². The molecule has 37 heavy (non-hydrogen) atoms. The van der Waals surface area contributed by atoms with Crippen molar-refractivity contribution in [2.45, 2.75) is 117 Å². The molecule has 202 valence electrons. The van der Waals surface area contributed by atoms with E-state index in [0.717, 1.165) is 63.5 Å². The summed E-state index contributed by atoms with van der Waals surface area (Å²) >= 11 is 0. The highest BCUT2D eigenvalue weighted by Crippen LogP contribution is 2.53. The van der Waals surface area contributed by atoms with Crippen LogP contribution in [-0.4, -0.2) is 47.7 Å². The van der Waals surface area contributed by atoms with E-state index in [1.165, 1.54) is 22.4 Å². The Morgan fingerprint density at radius 1 is 1.05 bits per heavy atom. The molecule has 5 aliphatic rings. The minimum absolute atomic E-state index is 0.0289. The third-order valence-corrected chi connectivity index (χ3v) is 9.87. The van der Waals surface area contributed by atoms with Gasteiger partial charge in [0.05, 0.1) is 18.3 Å². The predicted molar refractivity (Wildman–Crippen MR) is 147 cm³/mol. The summed E-state index contributed by atoms with van der Waals surface area (Å²) in [6.45, 7) is 11.6. The van der Waals surface area contributed by atoms with Gasteiger partial charge in [-0.2, -0.15) is 0 Å². The van der Waals surface area contributed by atoms with Crippen LogP contribution in [0.2, 0.25) is 0 Å². The highest BCUT2D eigenvalue weighted by Gasteiger charge is 2.48. The molecular formula is C32H45NO4. The normalized spacial score (nSPS) is 39.4. The minimum atomic E-state index is -0.481. The van der Waals surface area contributed by atoms with Crippen LogP contribution in [0, 0.1) is 17.3 Å². The van der Waals surface area contributed by atoms with Crippen LogP contribution in [0.4, 0.5) is 0 Å². The fraction of sp³-hybridized carbons (Fsp3) is 0.688. The number of aliphatic hydroxyl groups excluding tert-OH is 1. The minimum Gasteiger partial charge on any atom is -0.450 e. The molecule has 1 spiro atoms. The second-order valence-corrected chi connectivity index (χ2v) is 12.3. The third kappa shape index (κ3) is 5.06. The quantitative estimate of drug-likeness (QED) is 0.328. The highest BCUT2D eigenvalue weighted by atomic mass is 16.5. The number of carbonyl (C=O) groups is 1. The summed E-state index contributed by atoms with van der Waals surface area (Å²) in [5, 5.41) is 11.2. The monoisotopic (exact) mass is 507 g/mol. The summed E-state index contributed by atoms with van der Waals surface area (Å²) in [6.07, 6.45) is 15.1. The van der Waals surface area contributed by atoms with Crippen molar-refractivity contribution in [2.24, 2.45) is 22.2 Å². The molecule has 4 heterocycles. The van der Waals surface area contributed by atoms with Crippen molar-refractivity contribution < 1.29 is 19.4 Å². The van der Waals surface area contributed by atoms with Crippen molar-refractivity contribution in [2.75, 3.05) is 6.54 Å². The number of rotatable bonds is 1. The van der Waals surface area contributed by atoms with Gasteiger partial charge in [-0.15, -0.1) is 0 Å². The second kappa shape index (κ2) is 10.6. The van der Waals surface area contributed by atoms with Gasteiger partial charge in [0.1, 0.15) is 6.10 Å². The first kappa shape index (κ1) is 26.6. The lowest BCUT2D eigenvalue weighted by Gasteiger charge is -2.48. The van der Waals surface area contributed by atoms with Crippen LogP contribution < -0.4 is 0 Å². The third-order valence-electron chi connectivity index (χ3n) is 9.87. The topological polar surface area (TPSA) is 68.1 Å². The van der Waals surface area contributed by atoms with E-state index in [2.05, 4.69) is 39.8 Å². The number of aliphatic imine (C=N–C) groups is 1. The molecule has 0 aromatic carbocycles. The fourth-order valence-corrected chi connectivity index (χ4v) is 7.70. The van der Waals surface area contributed by atoms with Gasteiger partial charge in [0.2, 0.25) is 0 Å². The highest BCUT2D eigenvalue weighted by molar-refractivity contribution is 5.93. The molecule has 5 heteroatoms. The molecule has 7 unspecified atom stereocenters. The maximum Gasteiger partial charge on any atom is 0.334 e. The SMILES string of the molecule is CC1=CC(C2=C(C)C3C=C(C)C(O)CCC4CC(C)C(O4)C(C)=CCCC4=NCCCC43CC2)OC1=O. The number of ether oxygens (including phenoxy) is 2. The van der Waals surface area contributed by atoms with E-state index < -0.39 is 6.10 Å². The zero-order valence-corrected chi connectivity index (χ0v) is 23.4. The lowest BCUT2D eigenvalue weighted by Crippen LogP contribution is -2.44. The largest absolute Gasteiger partial charge is 0.450 e. The van der Waals surface area contributed by atoms with E-state index in [4.69, 9.17) is 14.5 Å². The van der Waals surface area contributed by atoms with Crippen molar-refractivity contribution >= 4 is 11.7 Å². The van der Waals surface area contributed by atoms with Crippen LogP contribution in [0.1, 0.15) is 92.4 Å². The van der Waals surface area contributed by atoms with E-state index >= 15 is 0 Å². The van der Waals surface area contributed by atoms with E-state index in [1.54, 1.807) is 0 Å². The van der Waals surface area contributed by atoms with Gasteiger partial charge in [0.15, 0.2) is 0 Å². The lowest BCUT2D eigenvalue weighted by molar-refractivity contribution is -0.138. The van der Waals surface area contributed by atoms with Crippen LogP contribution >= 0.6 is 0 Å². The summed E-state index contributed by atoms with van der Waals surface area (Å²) in [6, 6.07) is 0. The smallest absolute Gasteiger partial charge is 0.334 e. The van der Waals surface area contributed by atoms with Crippen LogP contribution in [0.25, 0.3) is 0 Å². The van der Waals surface area contributed by atoms with Crippen molar-refractivity contribution in [1.82, 2.24) is 0 Å². The summed E-state index contributed by atoms with van der Waals surface area (Å²) in [5.74, 6) is 0.459. The first-order valence-electron chi connectivity index (χ1n) is 14.5. The van der Waals surface area contributed by atoms with E-state index in [-0.39, 0.29) is 35.6 Å². The summed E-state index contributed by atoms with van der Waals surface area (Å²) < 4.78 is 12.2. The summed E-state index contributed by atoms with van der Waals surface area (Å²) in [5.41, 5.74) is 6.92. The second-order valence-electron chi connectivity index (χ2n) is 12.3. The van der Waals surface area contributed by atoms with Gasteiger partial charge in [-0.1, -0.05) is 24.6 Å². The van der Waals surface area contributed by atoms with Crippen molar-refractivity contribution in [1.29, 1.82) is 0 Å². The Balaban J connectivity index is 1.55. The number of nitrogens with zero attached hydrogens (tertiary/aromatic N) is 1. The van der Waals surface area contributed by atoms with Gasteiger partial charge in [-0.05, 0) is 114 Å². The maximum atomic E-state index is 12.2. The van der Waals surface area contributed by atoms with Crippen molar-refractivity contribution in [3.63, 3.8) is 0 Å². The molecule has 0 radical (unpaired) electrons. The Morgan fingerprint density at radius 2 is 1.86 bits per heavy atom. The molecule has 0 aromatic heterocycles. The molecule has 1 aliphatic carbocycles. The lowest BCUT2D eigenvalue weighted by atomic mass is 9.57. The average Bonchev–Trinajstić information content (AvgIpc) is 3.41. The molecule has 1 saturated heterocycles. The number of hydrogen-bond acceptors (Lipinski definition) is 5. The molecule has 5 nitrogen and oxygen atoms in total. The van der Waals surface area contributed by atoms with Crippen LogP contribution in [0.5, 0.6) is 0 Å². The zero-order valence-electron chi connectivity index (χ0n) is 23.4. The number of hydrogen-bond donors (Lipinski definition) is 1. The molecule has 0 amide bonds. The molecule has 2 bridgehead atoms. The van der Waals surface area contributed by atoms with Gasteiger partial charge in [-0.25, -0.2) is 4.79 Å². The Hall–Kier alpha value is -1.98. The van der Waals surface area contributed by atoms with E-state index in [1.807, 2.05) is 13.0 Å². The fourth-order valence-electron chi connectivity index (χ4n) is 7.70. The number of allylic oxidation sites excluding steroid dienone is 3. The van der Waals surface area contributed by atoms with Crippen LogP contribution in [-0.2, 0) is 14.3 Å². The van der Waals surface area contributed by atoms with Crippen LogP contribution in [0.15, 0.2) is 51.1 Å². The molecule has 7 atom stereocenters. The molecule has 1 fully saturated rings. The van der Waals surface area contributed by atoms with E-state index in [0.29, 0.717) is 17.9 Å². The Labute approximate surface area is 222 Å². The van der Waals surface area contributed by atoms with Crippen molar-refractivity contribution in [3.05, 3.63) is 46.1 Å². The maximum absolute atomic E-state index is 12.2. The van der Waals surface area contributed by atoms with Gasteiger partial charge in [-0.3, -0.25) is 4.99 Å². The van der Waals surface area contributed by atoms with Gasteiger partial charge in [0.25, 0.3) is 0 Å². The molecular weight excluding hydrogens is 462 g/mol. The standard InChI is InChI=1S/C32H45NO4/c1-19-8-6-9-29-32(13-7-15-33-29)14-12-25(28-18-22(4)31(35)37-28)23(5)26(32)17-20(2)27(34)11-10-24-16-21(3)30(19)36-24/h8,17-18,21,24,26-28,30,34H,6-7,9-16H2,1-5H3. The number of aliphatic hydroxyl groups is 1. The summed E-state index contributed by atoms with van der Waals surface area (Å²) in [4.78, 5) is 17.4. The Bertz CT molecular complexity index is 1080. The average molecular weight is 508 g/mol. The molecule has 0 saturated carbocycles. The number of cyclic esters (lactones) is 1. The molecule has 4 aliphatic heterocycles. The van der Waals surface area contributed by atoms with Gasteiger partial charge < -0.3 is 14.6 Å². The molecule has 5 rings (SSSR count). The Morgan fingerprint density at radius 3 is 2.62 bits per heavy atom. The number of esters is 1. The van der Waals surface area contributed by atoms with E-state index in [9.17, 15) is 9.90 Å². The first-order valence-corrected chi connectivity index (χ1v) is 14.5. The van der Waals surface area contributed by atoms with Gasteiger partial charge in [0, 0.05) is 29.2 Å². The molecule has 1 N–H and O–H groups in total.